The molecule has 0 atom stereocenters. The quantitative estimate of drug-likeness (QED) is 0.368. The second-order valence-corrected chi connectivity index (χ2v) is 7.18. The van der Waals surface area contributed by atoms with Crippen molar-refractivity contribution in [1.82, 2.24) is 10.1 Å². The van der Waals surface area contributed by atoms with Crippen LogP contribution in [0.25, 0.3) is 22.8 Å². The molecular weight excluding hydrogens is 456 g/mol. The highest BCUT2D eigenvalue weighted by Crippen LogP contribution is 2.32. The summed E-state index contributed by atoms with van der Waals surface area (Å²) in [5.74, 6) is -1.40. The standard InChI is InChI=1S/C23H16ClF2N3O4/c1-31-19-7-6-13(9-20(19)32-2)23-28-21(29-33-23)12-4-3-5-14(8-12)27-22(30)15-10-17(25)18(26)11-16(15)24/h3-11H,1-2H3,(H,27,30). The summed E-state index contributed by atoms with van der Waals surface area (Å²) in [5, 5.41) is 6.38. The number of carbonyl (C=O) groups is 1. The van der Waals surface area contributed by atoms with Crippen LogP contribution < -0.4 is 14.8 Å². The Balaban J connectivity index is 1.57. The molecule has 0 unspecified atom stereocenters. The lowest BCUT2D eigenvalue weighted by molar-refractivity contribution is 0.102. The van der Waals surface area contributed by atoms with E-state index in [0.29, 0.717) is 28.3 Å². The average Bonchev–Trinajstić information content (AvgIpc) is 3.31. The predicted octanol–water partition coefficient (Wildman–Crippen LogP) is 5.60. The van der Waals surface area contributed by atoms with E-state index in [1.54, 1.807) is 42.5 Å². The van der Waals surface area contributed by atoms with Gasteiger partial charge in [-0.3, -0.25) is 4.79 Å². The van der Waals surface area contributed by atoms with Gasteiger partial charge in [0.15, 0.2) is 23.1 Å². The van der Waals surface area contributed by atoms with Crippen LogP contribution in [-0.2, 0) is 0 Å². The van der Waals surface area contributed by atoms with E-state index in [1.165, 1.54) is 14.2 Å². The molecule has 3 aromatic carbocycles. The summed E-state index contributed by atoms with van der Waals surface area (Å²) >= 11 is 5.87. The van der Waals surface area contributed by atoms with Gasteiger partial charge in [0.1, 0.15) is 0 Å². The Morgan fingerprint density at radius 1 is 0.970 bits per heavy atom. The minimum absolute atomic E-state index is 0.198. The highest BCUT2D eigenvalue weighted by molar-refractivity contribution is 6.34. The van der Waals surface area contributed by atoms with E-state index in [9.17, 15) is 13.6 Å². The molecule has 0 aliphatic rings. The molecule has 1 heterocycles. The average molecular weight is 472 g/mol. The van der Waals surface area contributed by atoms with E-state index in [-0.39, 0.29) is 22.3 Å². The summed E-state index contributed by atoms with van der Waals surface area (Å²) in [4.78, 5) is 16.9. The molecule has 0 radical (unpaired) electrons. The zero-order valence-corrected chi connectivity index (χ0v) is 18.1. The molecule has 4 rings (SSSR count). The summed E-state index contributed by atoms with van der Waals surface area (Å²) in [6.07, 6.45) is 0. The Bertz CT molecular complexity index is 1340. The Labute approximate surface area is 191 Å². The van der Waals surface area contributed by atoms with Crippen molar-refractivity contribution in [3.63, 3.8) is 0 Å². The van der Waals surface area contributed by atoms with Gasteiger partial charge in [0.2, 0.25) is 5.82 Å². The number of nitrogens with zero attached hydrogens (tertiary/aromatic N) is 2. The first-order chi connectivity index (χ1) is 15.9. The molecule has 0 saturated carbocycles. The van der Waals surface area contributed by atoms with Gasteiger partial charge in [-0.15, -0.1) is 0 Å². The third-order valence-electron chi connectivity index (χ3n) is 4.69. The summed E-state index contributed by atoms with van der Waals surface area (Å²) in [6.45, 7) is 0. The molecule has 0 aliphatic heterocycles. The first kappa shape index (κ1) is 22.2. The highest BCUT2D eigenvalue weighted by Gasteiger charge is 2.17. The second-order valence-electron chi connectivity index (χ2n) is 6.77. The van der Waals surface area contributed by atoms with Gasteiger partial charge in [-0.05, 0) is 42.5 Å². The third-order valence-corrected chi connectivity index (χ3v) is 5.00. The maximum absolute atomic E-state index is 13.5. The number of benzene rings is 3. The van der Waals surface area contributed by atoms with E-state index >= 15 is 0 Å². The number of hydrogen-bond donors (Lipinski definition) is 1. The molecule has 7 nitrogen and oxygen atoms in total. The second kappa shape index (κ2) is 9.25. The molecule has 1 N–H and O–H groups in total. The Kier molecular flexibility index (Phi) is 6.23. The maximum atomic E-state index is 13.5. The fraction of sp³-hybridized carbons (Fsp3) is 0.0870. The number of amides is 1. The number of anilines is 1. The van der Waals surface area contributed by atoms with Crippen LogP contribution in [0.5, 0.6) is 11.5 Å². The summed E-state index contributed by atoms with van der Waals surface area (Å²) in [6, 6.07) is 13.3. The van der Waals surface area contributed by atoms with Crippen LogP contribution in [0.1, 0.15) is 10.4 Å². The number of nitrogens with one attached hydrogen (secondary N) is 1. The van der Waals surface area contributed by atoms with E-state index < -0.39 is 17.5 Å². The highest BCUT2D eigenvalue weighted by atomic mass is 35.5. The Morgan fingerprint density at radius 2 is 1.73 bits per heavy atom. The topological polar surface area (TPSA) is 86.5 Å². The minimum Gasteiger partial charge on any atom is -0.493 e. The molecule has 0 spiro atoms. The van der Waals surface area contributed by atoms with Crippen molar-refractivity contribution in [3.05, 3.63) is 76.8 Å². The number of ether oxygens (including phenoxy) is 2. The molecule has 0 saturated heterocycles. The minimum atomic E-state index is -1.17. The number of hydrogen-bond acceptors (Lipinski definition) is 6. The summed E-state index contributed by atoms with van der Waals surface area (Å²) in [7, 11) is 3.06. The molecule has 1 aromatic heterocycles. The molecule has 168 valence electrons. The molecule has 4 aromatic rings. The van der Waals surface area contributed by atoms with Crippen molar-refractivity contribution >= 4 is 23.2 Å². The van der Waals surface area contributed by atoms with Crippen molar-refractivity contribution in [2.75, 3.05) is 19.5 Å². The summed E-state index contributed by atoms with van der Waals surface area (Å²) in [5.41, 5.74) is 1.36. The van der Waals surface area contributed by atoms with Crippen LogP contribution in [0.3, 0.4) is 0 Å². The van der Waals surface area contributed by atoms with Crippen LogP contribution in [0.4, 0.5) is 14.5 Å². The van der Waals surface area contributed by atoms with Crippen molar-refractivity contribution < 1.29 is 27.6 Å². The molecule has 0 bridgehead atoms. The molecular formula is C23H16ClF2N3O4. The maximum Gasteiger partial charge on any atom is 0.258 e. The zero-order valence-electron chi connectivity index (χ0n) is 17.4. The molecule has 33 heavy (non-hydrogen) atoms. The smallest absolute Gasteiger partial charge is 0.258 e. The number of methoxy groups -OCH3 is 2. The van der Waals surface area contributed by atoms with Gasteiger partial charge < -0.3 is 19.3 Å². The largest absolute Gasteiger partial charge is 0.493 e. The first-order valence-corrected chi connectivity index (χ1v) is 9.90. The van der Waals surface area contributed by atoms with Gasteiger partial charge in [-0.2, -0.15) is 4.98 Å². The van der Waals surface area contributed by atoms with Crippen LogP contribution in [0, 0.1) is 11.6 Å². The van der Waals surface area contributed by atoms with Gasteiger partial charge in [-0.1, -0.05) is 28.9 Å². The Hall–Kier alpha value is -3.98. The zero-order chi connectivity index (χ0) is 23.5. The molecule has 10 heteroatoms. The van der Waals surface area contributed by atoms with E-state index in [0.717, 1.165) is 12.1 Å². The lowest BCUT2D eigenvalue weighted by Crippen LogP contribution is -2.13. The summed E-state index contributed by atoms with van der Waals surface area (Å²) < 4.78 is 42.7. The van der Waals surface area contributed by atoms with E-state index in [2.05, 4.69) is 15.5 Å². The molecule has 1 amide bonds. The molecule has 0 fully saturated rings. The van der Waals surface area contributed by atoms with Crippen LogP contribution in [0.15, 0.2) is 59.1 Å². The lowest BCUT2D eigenvalue weighted by atomic mass is 10.1. The molecule has 0 aliphatic carbocycles. The predicted molar refractivity (Wildman–Crippen MR) is 118 cm³/mol. The van der Waals surface area contributed by atoms with Crippen molar-refractivity contribution in [2.24, 2.45) is 0 Å². The third kappa shape index (κ3) is 4.63. The fourth-order valence-electron chi connectivity index (χ4n) is 3.06. The van der Waals surface area contributed by atoms with Gasteiger partial charge >= 0.3 is 0 Å². The lowest BCUT2D eigenvalue weighted by Gasteiger charge is -2.08. The normalized spacial score (nSPS) is 10.7. The van der Waals surface area contributed by atoms with Crippen molar-refractivity contribution in [3.8, 4) is 34.3 Å². The van der Waals surface area contributed by atoms with Gasteiger partial charge in [-0.25, -0.2) is 8.78 Å². The Morgan fingerprint density at radius 3 is 2.48 bits per heavy atom. The van der Waals surface area contributed by atoms with Crippen LogP contribution >= 0.6 is 11.6 Å². The number of aromatic nitrogens is 2. The van der Waals surface area contributed by atoms with Crippen LogP contribution in [0.2, 0.25) is 5.02 Å². The van der Waals surface area contributed by atoms with Gasteiger partial charge in [0, 0.05) is 16.8 Å². The van der Waals surface area contributed by atoms with E-state index in [4.69, 9.17) is 25.6 Å². The van der Waals surface area contributed by atoms with Gasteiger partial charge in [0.05, 0.1) is 24.8 Å². The number of carbonyl (C=O) groups excluding carboxylic acids is 1. The van der Waals surface area contributed by atoms with Crippen LogP contribution in [-0.4, -0.2) is 30.3 Å². The SMILES string of the molecule is COc1ccc(-c2nc(-c3cccc(NC(=O)c4cc(F)c(F)cc4Cl)c3)no2)cc1OC. The van der Waals surface area contributed by atoms with Crippen molar-refractivity contribution in [1.29, 1.82) is 0 Å². The van der Waals surface area contributed by atoms with E-state index in [1.807, 2.05) is 0 Å². The van der Waals surface area contributed by atoms with Crippen molar-refractivity contribution in [2.45, 2.75) is 0 Å². The monoisotopic (exact) mass is 471 g/mol. The first-order valence-electron chi connectivity index (χ1n) is 9.52. The number of rotatable bonds is 6. The van der Waals surface area contributed by atoms with Gasteiger partial charge in [0.25, 0.3) is 11.8 Å². The number of halogens is 3. The fourth-order valence-corrected chi connectivity index (χ4v) is 3.29.